The van der Waals surface area contributed by atoms with Crippen molar-refractivity contribution in [3.63, 3.8) is 0 Å². The Balaban J connectivity index is 2.02. The third-order valence-corrected chi connectivity index (χ3v) is 2.55. The fourth-order valence-electron chi connectivity index (χ4n) is 1.69. The van der Waals surface area contributed by atoms with Crippen LogP contribution in [0, 0.1) is 6.92 Å². The lowest BCUT2D eigenvalue weighted by Gasteiger charge is -2.24. The lowest BCUT2D eigenvalue weighted by Crippen LogP contribution is -2.35. The topological polar surface area (TPSA) is 51.0 Å². The maximum Gasteiger partial charge on any atom is 0.231 e. The summed E-state index contributed by atoms with van der Waals surface area (Å²) in [4.78, 5) is 4.24. The molecule has 1 N–H and O–H groups in total. The molecule has 0 spiro atoms. The fourth-order valence-corrected chi connectivity index (χ4v) is 1.69. The molecule has 0 radical (unpaired) electrons. The largest absolute Gasteiger partial charge is 0.339 e. The molecule has 0 bridgehead atoms. The summed E-state index contributed by atoms with van der Waals surface area (Å²) in [5.41, 5.74) is 0. The maximum absolute atomic E-state index is 5.14. The van der Waals surface area contributed by atoms with Crippen molar-refractivity contribution in [2.45, 2.75) is 38.6 Å². The van der Waals surface area contributed by atoms with E-state index in [1.807, 2.05) is 6.92 Å². The van der Waals surface area contributed by atoms with E-state index >= 15 is 0 Å². The minimum Gasteiger partial charge on any atom is -0.339 e. The smallest absolute Gasteiger partial charge is 0.231 e. The van der Waals surface area contributed by atoms with Gasteiger partial charge in [0.1, 0.15) is 0 Å². The number of aromatic nitrogens is 2. The molecule has 1 aromatic heterocycles. The van der Waals surface area contributed by atoms with Crippen LogP contribution < -0.4 is 5.32 Å². The van der Waals surface area contributed by atoms with Crippen LogP contribution in [0.4, 0.5) is 0 Å². The van der Waals surface area contributed by atoms with Gasteiger partial charge in [0, 0.05) is 12.6 Å². The molecule has 2 atom stereocenters. The number of aryl methyl sites for hydroxylation is 1. The summed E-state index contributed by atoms with van der Waals surface area (Å²) in [7, 11) is 0. The van der Waals surface area contributed by atoms with Gasteiger partial charge in [-0.25, -0.2) is 0 Å². The lowest BCUT2D eigenvalue weighted by atomic mass is 9.95. The van der Waals surface area contributed by atoms with E-state index in [2.05, 4.69) is 22.4 Å². The first-order chi connectivity index (χ1) is 6.25. The van der Waals surface area contributed by atoms with Gasteiger partial charge in [0.25, 0.3) is 0 Å². The van der Waals surface area contributed by atoms with E-state index in [-0.39, 0.29) is 0 Å². The molecule has 0 aromatic carbocycles. The Hall–Kier alpha value is -0.900. The second-order valence-electron chi connectivity index (χ2n) is 3.76. The average Bonchev–Trinajstić information content (AvgIpc) is 2.53. The van der Waals surface area contributed by atoms with Crippen molar-refractivity contribution in [3.05, 3.63) is 11.7 Å². The van der Waals surface area contributed by atoms with Gasteiger partial charge in [0.2, 0.25) is 5.89 Å². The Labute approximate surface area is 77.7 Å². The number of hydrogen-bond donors (Lipinski definition) is 1. The molecular weight excluding hydrogens is 166 g/mol. The van der Waals surface area contributed by atoms with Gasteiger partial charge in [0.15, 0.2) is 5.82 Å². The summed E-state index contributed by atoms with van der Waals surface area (Å²) in [6, 6.07) is 0.625. The highest BCUT2D eigenvalue weighted by atomic mass is 16.5. The first-order valence-electron chi connectivity index (χ1n) is 4.79. The zero-order chi connectivity index (χ0) is 9.26. The number of piperidine rings is 1. The van der Waals surface area contributed by atoms with Crippen LogP contribution in [0.15, 0.2) is 4.52 Å². The minimum absolute atomic E-state index is 0.414. The third-order valence-electron chi connectivity index (χ3n) is 2.55. The van der Waals surface area contributed by atoms with E-state index in [1.165, 1.54) is 6.42 Å². The molecule has 4 nitrogen and oxygen atoms in total. The van der Waals surface area contributed by atoms with Gasteiger partial charge < -0.3 is 9.84 Å². The van der Waals surface area contributed by atoms with Crippen molar-refractivity contribution >= 4 is 0 Å². The predicted molar refractivity (Wildman–Crippen MR) is 48.5 cm³/mol. The van der Waals surface area contributed by atoms with Crippen molar-refractivity contribution < 1.29 is 4.52 Å². The summed E-state index contributed by atoms with van der Waals surface area (Å²) in [5, 5.41) is 7.21. The van der Waals surface area contributed by atoms with Crippen molar-refractivity contribution in [2.75, 3.05) is 6.54 Å². The average molecular weight is 181 g/mol. The molecule has 1 aromatic rings. The Morgan fingerprint density at radius 2 is 2.31 bits per heavy atom. The monoisotopic (exact) mass is 181 g/mol. The standard InChI is InChI=1S/C9H15N3O/c1-6-3-4-8(5-10-6)9-11-7(2)12-13-9/h6,8,10H,3-5H2,1-2H3. The van der Waals surface area contributed by atoms with Crippen molar-refractivity contribution in [1.82, 2.24) is 15.5 Å². The van der Waals surface area contributed by atoms with Crippen molar-refractivity contribution in [1.29, 1.82) is 0 Å². The van der Waals surface area contributed by atoms with Gasteiger partial charge in [0.05, 0.1) is 5.92 Å². The molecule has 4 heteroatoms. The minimum atomic E-state index is 0.414. The Kier molecular flexibility index (Phi) is 2.31. The van der Waals surface area contributed by atoms with Crippen molar-refractivity contribution in [3.8, 4) is 0 Å². The third kappa shape index (κ3) is 1.88. The Morgan fingerprint density at radius 1 is 1.46 bits per heavy atom. The normalized spacial score (nSPS) is 29.1. The van der Waals surface area contributed by atoms with Crippen LogP contribution in [0.5, 0.6) is 0 Å². The molecule has 1 saturated heterocycles. The highest BCUT2D eigenvalue weighted by molar-refractivity contribution is 4.96. The van der Waals surface area contributed by atoms with E-state index in [1.54, 1.807) is 0 Å². The zero-order valence-corrected chi connectivity index (χ0v) is 8.08. The van der Waals surface area contributed by atoms with Crippen LogP contribution in [-0.2, 0) is 0 Å². The molecule has 2 heterocycles. The van der Waals surface area contributed by atoms with Gasteiger partial charge in [-0.15, -0.1) is 0 Å². The van der Waals surface area contributed by atoms with E-state index in [0.717, 1.165) is 24.7 Å². The van der Waals surface area contributed by atoms with Crippen LogP contribution in [0.2, 0.25) is 0 Å². The number of nitrogens with zero attached hydrogens (tertiary/aromatic N) is 2. The summed E-state index contributed by atoms with van der Waals surface area (Å²) in [6.07, 6.45) is 2.34. The van der Waals surface area contributed by atoms with Crippen LogP contribution in [0.25, 0.3) is 0 Å². The number of hydrogen-bond acceptors (Lipinski definition) is 4. The highest BCUT2D eigenvalue weighted by Crippen LogP contribution is 2.23. The SMILES string of the molecule is Cc1noc(C2CCC(C)NC2)n1. The second kappa shape index (κ2) is 3.46. The molecule has 1 aliphatic heterocycles. The first kappa shape index (κ1) is 8.69. The van der Waals surface area contributed by atoms with Crippen LogP contribution in [-0.4, -0.2) is 22.7 Å². The number of rotatable bonds is 1. The van der Waals surface area contributed by atoms with Crippen LogP contribution >= 0.6 is 0 Å². The summed E-state index contributed by atoms with van der Waals surface area (Å²) >= 11 is 0. The second-order valence-corrected chi connectivity index (χ2v) is 3.76. The molecule has 2 rings (SSSR count). The van der Waals surface area contributed by atoms with Gasteiger partial charge in [-0.3, -0.25) is 0 Å². The predicted octanol–water partition coefficient (Wildman–Crippen LogP) is 1.23. The van der Waals surface area contributed by atoms with E-state index in [4.69, 9.17) is 4.52 Å². The van der Waals surface area contributed by atoms with Crippen molar-refractivity contribution in [2.24, 2.45) is 0 Å². The summed E-state index contributed by atoms with van der Waals surface area (Å²) in [6.45, 7) is 5.02. The van der Waals surface area contributed by atoms with Gasteiger partial charge in [-0.2, -0.15) is 4.98 Å². The number of nitrogens with one attached hydrogen (secondary N) is 1. The molecule has 0 aliphatic carbocycles. The molecule has 13 heavy (non-hydrogen) atoms. The molecule has 1 fully saturated rings. The summed E-state index contributed by atoms with van der Waals surface area (Å²) in [5.74, 6) is 1.93. The first-order valence-corrected chi connectivity index (χ1v) is 4.79. The fraction of sp³-hybridized carbons (Fsp3) is 0.778. The zero-order valence-electron chi connectivity index (χ0n) is 8.08. The molecule has 0 saturated carbocycles. The Morgan fingerprint density at radius 3 is 2.85 bits per heavy atom. The maximum atomic E-state index is 5.14. The lowest BCUT2D eigenvalue weighted by molar-refractivity contribution is 0.300. The molecule has 0 amide bonds. The molecular formula is C9H15N3O. The molecule has 72 valence electrons. The van der Waals surface area contributed by atoms with Gasteiger partial charge in [-0.05, 0) is 26.7 Å². The van der Waals surface area contributed by atoms with Crippen LogP contribution in [0.1, 0.15) is 37.4 Å². The van der Waals surface area contributed by atoms with E-state index < -0.39 is 0 Å². The molecule has 2 unspecified atom stereocenters. The summed E-state index contributed by atoms with van der Waals surface area (Å²) < 4.78 is 5.14. The van der Waals surface area contributed by atoms with E-state index in [9.17, 15) is 0 Å². The van der Waals surface area contributed by atoms with E-state index in [0.29, 0.717) is 12.0 Å². The van der Waals surface area contributed by atoms with Gasteiger partial charge in [-0.1, -0.05) is 5.16 Å². The Bertz CT molecular complexity index is 276. The molecule has 1 aliphatic rings. The van der Waals surface area contributed by atoms with Gasteiger partial charge >= 0.3 is 0 Å². The highest BCUT2D eigenvalue weighted by Gasteiger charge is 2.23. The quantitative estimate of drug-likeness (QED) is 0.708. The van der Waals surface area contributed by atoms with Crippen LogP contribution in [0.3, 0.4) is 0 Å².